The van der Waals surface area contributed by atoms with Crippen LogP contribution in [0.15, 0.2) is 12.1 Å². The van der Waals surface area contributed by atoms with Gasteiger partial charge in [-0.3, -0.25) is 4.79 Å². The minimum atomic E-state index is -0.619. The third-order valence-corrected chi connectivity index (χ3v) is 5.43. The van der Waals surface area contributed by atoms with Gasteiger partial charge in [0.1, 0.15) is 0 Å². The molecule has 0 aromatic heterocycles. The molecule has 0 saturated heterocycles. The smallest absolute Gasteiger partial charge is 0.317 e. The van der Waals surface area contributed by atoms with Crippen molar-refractivity contribution < 1.29 is 23.7 Å². The number of ether oxygens (including phenoxy) is 4. The highest BCUT2D eigenvalue weighted by molar-refractivity contribution is 6.01. The Morgan fingerprint density at radius 2 is 1.30 bits per heavy atom. The molecule has 0 heterocycles. The molecule has 0 aliphatic heterocycles. The van der Waals surface area contributed by atoms with Crippen molar-refractivity contribution in [1.82, 2.24) is 0 Å². The first-order chi connectivity index (χ1) is 13.9. The molecule has 0 atom stereocenters. The van der Waals surface area contributed by atoms with Crippen LogP contribution in [0.3, 0.4) is 0 Å². The van der Waals surface area contributed by atoms with Gasteiger partial charge in [0.2, 0.25) is 11.5 Å². The van der Waals surface area contributed by atoms with Crippen molar-refractivity contribution in [2.24, 2.45) is 10.8 Å². The summed E-state index contributed by atoms with van der Waals surface area (Å²) < 4.78 is 23.6. The van der Waals surface area contributed by atoms with E-state index in [2.05, 4.69) is 20.8 Å². The van der Waals surface area contributed by atoms with Gasteiger partial charge in [0.25, 0.3) is 0 Å². The minimum absolute atomic E-state index is 0.0411. The summed E-state index contributed by atoms with van der Waals surface area (Å²) in [4.78, 5) is 12.9. The Morgan fingerprint density at radius 1 is 0.833 bits per heavy atom. The summed E-state index contributed by atoms with van der Waals surface area (Å²) in [6, 6.07) is 4.06. The van der Waals surface area contributed by atoms with E-state index in [1.54, 1.807) is 14.2 Å². The first-order valence-electron chi connectivity index (χ1n) is 10.4. The van der Waals surface area contributed by atoms with Crippen molar-refractivity contribution >= 4 is 16.7 Å². The van der Waals surface area contributed by atoms with Gasteiger partial charge in [-0.25, -0.2) is 0 Å². The summed E-state index contributed by atoms with van der Waals surface area (Å²) in [5.41, 5.74) is 1.54. The van der Waals surface area contributed by atoms with E-state index in [1.165, 1.54) is 0 Å². The van der Waals surface area contributed by atoms with E-state index in [0.717, 1.165) is 21.9 Å². The topological polar surface area (TPSA) is 54.0 Å². The Balaban J connectivity index is 2.83. The summed E-state index contributed by atoms with van der Waals surface area (Å²) in [5.74, 6) is 1.43. The lowest BCUT2D eigenvalue weighted by Gasteiger charge is -2.26. The molecule has 166 valence electrons. The molecule has 0 fully saturated rings. The number of rotatable bonds is 7. The van der Waals surface area contributed by atoms with Crippen LogP contribution in [-0.4, -0.2) is 26.8 Å². The van der Waals surface area contributed by atoms with E-state index in [1.807, 2.05) is 46.8 Å². The largest absolute Gasteiger partial charge is 0.490 e. The maximum absolute atomic E-state index is 12.9. The zero-order valence-electron chi connectivity index (χ0n) is 20.1. The Morgan fingerprint density at radius 3 is 1.73 bits per heavy atom. The second-order valence-corrected chi connectivity index (χ2v) is 9.68. The molecule has 0 bridgehead atoms. The molecule has 0 N–H and O–H groups in total. The zero-order chi connectivity index (χ0) is 22.9. The van der Waals surface area contributed by atoms with E-state index in [4.69, 9.17) is 18.9 Å². The van der Waals surface area contributed by atoms with Crippen LogP contribution in [0.25, 0.3) is 10.8 Å². The van der Waals surface area contributed by atoms with Gasteiger partial charge in [0.05, 0.1) is 26.2 Å². The molecule has 30 heavy (non-hydrogen) atoms. The third kappa shape index (κ3) is 4.82. The number of carbonyl (C=O) groups excluding carboxylic acids is 1. The molecule has 2 aromatic rings. The van der Waals surface area contributed by atoms with Crippen molar-refractivity contribution in [3.63, 3.8) is 0 Å². The Hall–Kier alpha value is -2.43. The number of benzene rings is 2. The first-order valence-corrected chi connectivity index (χ1v) is 10.4. The number of methoxy groups -OCH3 is 2. The third-order valence-electron chi connectivity index (χ3n) is 5.43. The van der Waals surface area contributed by atoms with Crippen molar-refractivity contribution in [3.8, 4) is 23.0 Å². The number of aryl methyl sites for hydroxylation is 2. The number of esters is 1. The second kappa shape index (κ2) is 8.75. The standard InChI is InChI=1S/C25H36O5/c1-11-25(7,8)23(26)30-20-18-13-16(3)15(2)12-17(18)19(29-14-24(4,5)6)21(27-9)22(20)28-10/h12-13H,11,14H2,1-10H3. The highest BCUT2D eigenvalue weighted by Crippen LogP contribution is 2.52. The van der Waals surface area contributed by atoms with Gasteiger partial charge in [-0.1, -0.05) is 27.7 Å². The van der Waals surface area contributed by atoms with Gasteiger partial charge < -0.3 is 18.9 Å². The van der Waals surface area contributed by atoms with Gasteiger partial charge >= 0.3 is 5.97 Å². The maximum Gasteiger partial charge on any atom is 0.317 e. The van der Waals surface area contributed by atoms with Gasteiger partial charge in [0, 0.05) is 10.8 Å². The van der Waals surface area contributed by atoms with Crippen LogP contribution in [0, 0.1) is 24.7 Å². The Kier molecular flexibility index (Phi) is 6.95. The van der Waals surface area contributed by atoms with Gasteiger partial charge in [-0.15, -0.1) is 0 Å². The van der Waals surface area contributed by atoms with Crippen LogP contribution in [-0.2, 0) is 4.79 Å². The minimum Gasteiger partial charge on any atom is -0.490 e. The highest BCUT2D eigenvalue weighted by atomic mass is 16.6. The second-order valence-electron chi connectivity index (χ2n) is 9.68. The van der Waals surface area contributed by atoms with Crippen LogP contribution in [0.1, 0.15) is 59.1 Å². The molecule has 0 aliphatic rings. The van der Waals surface area contributed by atoms with Crippen LogP contribution in [0.5, 0.6) is 23.0 Å². The zero-order valence-corrected chi connectivity index (χ0v) is 20.1. The number of carbonyl (C=O) groups is 1. The summed E-state index contributed by atoms with van der Waals surface area (Å²) in [6.07, 6.45) is 0.661. The first kappa shape index (κ1) is 23.8. The monoisotopic (exact) mass is 416 g/mol. The fourth-order valence-electron chi connectivity index (χ4n) is 2.92. The summed E-state index contributed by atoms with van der Waals surface area (Å²) in [5, 5.41) is 1.59. The van der Waals surface area contributed by atoms with Crippen molar-refractivity contribution in [2.75, 3.05) is 20.8 Å². The van der Waals surface area contributed by atoms with E-state index < -0.39 is 5.41 Å². The van der Waals surface area contributed by atoms with E-state index in [9.17, 15) is 4.79 Å². The predicted molar refractivity (Wildman–Crippen MR) is 121 cm³/mol. The molecule has 5 heteroatoms. The van der Waals surface area contributed by atoms with E-state index in [0.29, 0.717) is 36.0 Å². The summed E-state index contributed by atoms with van der Waals surface area (Å²) >= 11 is 0. The summed E-state index contributed by atoms with van der Waals surface area (Å²) in [7, 11) is 3.11. The quantitative estimate of drug-likeness (QED) is 0.395. The van der Waals surface area contributed by atoms with Crippen molar-refractivity contribution in [3.05, 3.63) is 23.3 Å². The SMILES string of the molecule is CCC(C)(C)C(=O)Oc1c(OC)c(OC)c(OCC(C)(C)C)c2cc(C)c(C)cc12. The highest BCUT2D eigenvalue weighted by Gasteiger charge is 2.32. The van der Waals surface area contributed by atoms with Crippen LogP contribution < -0.4 is 18.9 Å². The lowest BCUT2D eigenvalue weighted by atomic mass is 9.90. The molecule has 0 unspecified atom stereocenters. The van der Waals surface area contributed by atoms with E-state index >= 15 is 0 Å². The molecule has 0 aliphatic carbocycles. The molecule has 0 radical (unpaired) electrons. The Bertz CT molecular complexity index is 935. The van der Waals surface area contributed by atoms with Gasteiger partial charge in [-0.2, -0.15) is 0 Å². The molecule has 5 nitrogen and oxygen atoms in total. The fraction of sp³-hybridized carbons (Fsp3) is 0.560. The number of hydrogen-bond acceptors (Lipinski definition) is 5. The lowest BCUT2D eigenvalue weighted by Crippen LogP contribution is -2.28. The maximum atomic E-state index is 12.9. The van der Waals surface area contributed by atoms with E-state index in [-0.39, 0.29) is 11.4 Å². The average molecular weight is 417 g/mol. The van der Waals surface area contributed by atoms with Crippen LogP contribution in [0.2, 0.25) is 0 Å². The lowest BCUT2D eigenvalue weighted by molar-refractivity contribution is -0.144. The number of hydrogen-bond donors (Lipinski definition) is 0. The summed E-state index contributed by atoms with van der Waals surface area (Å²) in [6.45, 7) is 16.6. The Labute approximate surface area is 180 Å². The molecule has 2 aromatic carbocycles. The normalized spacial score (nSPS) is 12.1. The van der Waals surface area contributed by atoms with Crippen molar-refractivity contribution in [1.29, 1.82) is 0 Å². The van der Waals surface area contributed by atoms with Crippen LogP contribution in [0.4, 0.5) is 0 Å². The van der Waals surface area contributed by atoms with Gasteiger partial charge in [-0.05, 0) is 62.8 Å². The molecular formula is C25H36O5. The fourth-order valence-corrected chi connectivity index (χ4v) is 2.92. The van der Waals surface area contributed by atoms with Gasteiger partial charge in [0.15, 0.2) is 11.5 Å². The molecule has 0 saturated carbocycles. The molecule has 0 spiro atoms. The number of fused-ring (bicyclic) bond motifs is 1. The molecule has 0 amide bonds. The molecule has 2 rings (SSSR count). The predicted octanol–water partition coefficient (Wildman–Crippen LogP) is 6.24. The average Bonchev–Trinajstić information content (AvgIpc) is 2.66. The molecular weight excluding hydrogens is 380 g/mol. The van der Waals surface area contributed by atoms with Crippen LogP contribution >= 0.6 is 0 Å². The van der Waals surface area contributed by atoms with Crippen molar-refractivity contribution in [2.45, 2.75) is 61.8 Å².